The van der Waals surface area contributed by atoms with Gasteiger partial charge in [-0.2, -0.15) is 0 Å². The normalized spacial score (nSPS) is 10.5. The Hall–Kier alpha value is -3.07. The lowest BCUT2D eigenvalue weighted by Crippen LogP contribution is -2.31. The number of carbonyl (C=O) groups is 1. The number of nitrogens with one attached hydrogen (secondary N) is 1. The van der Waals surface area contributed by atoms with Gasteiger partial charge in [0.2, 0.25) is 5.06 Å². The molecule has 2 aromatic carbocycles. The van der Waals surface area contributed by atoms with Gasteiger partial charge in [-0.3, -0.25) is 10.2 Å². The summed E-state index contributed by atoms with van der Waals surface area (Å²) in [5.41, 5.74) is 0.175. The molecule has 3 aromatic rings. The summed E-state index contributed by atoms with van der Waals surface area (Å²) in [7, 11) is 1.40. The van der Waals surface area contributed by atoms with E-state index in [1.807, 2.05) is 0 Å². The van der Waals surface area contributed by atoms with Crippen LogP contribution in [0.5, 0.6) is 10.8 Å². The number of hydrogen-bond acceptors (Lipinski definition) is 4. The van der Waals surface area contributed by atoms with Crippen LogP contribution in [-0.2, 0) is 0 Å². The van der Waals surface area contributed by atoms with Gasteiger partial charge in [-0.1, -0.05) is 17.4 Å². The Morgan fingerprint density at radius 1 is 1.15 bits per heavy atom. The van der Waals surface area contributed by atoms with E-state index >= 15 is 0 Å². The number of carbonyl (C=O) groups excluding carboxylic acids is 1. The lowest BCUT2D eigenvalue weighted by molar-refractivity contribution is 0.258. The van der Waals surface area contributed by atoms with Crippen LogP contribution in [-0.4, -0.2) is 18.1 Å². The molecule has 0 aliphatic heterocycles. The molecule has 134 valence electrons. The molecule has 0 atom stereocenters. The van der Waals surface area contributed by atoms with Crippen molar-refractivity contribution in [1.29, 1.82) is 0 Å². The van der Waals surface area contributed by atoms with Gasteiger partial charge in [-0.15, -0.1) is 0 Å². The monoisotopic (exact) mass is 379 g/mol. The van der Waals surface area contributed by atoms with Crippen LogP contribution >= 0.6 is 11.3 Å². The molecule has 0 radical (unpaired) electrons. The minimum atomic E-state index is -1.05. The number of anilines is 2. The van der Waals surface area contributed by atoms with Crippen molar-refractivity contribution >= 4 is 28.2 Å². The van der Waals surface area contributed by atoms with Gasteiger partial charge in [0.25, 0.3) is 0 Å². The fourth-order valence-electron chi connectivity index (χ4n) is 2.00. The van der Waals surface area contributed by atoms with E-state index in [1.54, 1.807) is 6.07 Å². The molecule has 2 amide bonds. The number of nitrogens with zero attached hydrogens (tertiary/aromatic N) is 2. The Bertz CT molecular complexity index is 949. The summed E-state index contributed by atoms with van der Waals surface area (Å²) in [5, 5.41) is 3.10. The van der Waals surface area contributed by atoms with Crippen LogP contribution in [0, 0.1) is 17.5 Å². The molecule has 0 saturated heterocycles. The van der Waals surface area contributed by atoms with E-state index in [0.717, 1.165) is 28.4 Å². The van der Waals surface area contributed by atoms with E-state index in [0.29, 0.717) is 10.8 Å². The molecule has 0 aliphatic carbocycles. The third-order valence-electron chi connectivity index (χ3n) is 3.31. The van der Waals surface area contributed by atoms with Crippen molar-refractivity contribution in [1.82, 2.24) is 4.98 Å². The molecule has 5 nitrogen and oxygen atoms in total. The van der Waals surface area contributed by atoms with Crippen molar-refractivity contribution in [3.63, 3.8) is 0 Å². The van der Waals surface area contributed by atoms with Crippen LogP contribution in [0.4, 0.5) is 28.8 Å². The standard InChI is InChI=1S/C17H12F3N3O2S/c1-23(11-5-6-13(19)14(20)8-11)17(24)22-16-21-9-15(26-16)25-12-4-2-3-10(18)7-12/h2-9H,1H3,(H,21,22,24). The molecule has 0 saturated carbocycles. The predicted molar refractivity (Wildman–Crippen MR) is 92.4 cm³/mol. The molecule has 1 heterocycles. The van der Waals surface area contributed by atoms with E-state index in [2.05, 4.69) is 10.3 Å². The molecule has 1 N–H and O–H groups in total. The molecule has 3 rings (SSSR count). The van der Waals surface area contributed by atoms with Gasteiger partial charge in [-0.05, 0) is 24.3 Å². The van der Waals surface area contributed by atoms with E-state index in [4.69, 9.17) is 4.74 Å². The highest BCUT2D eigenvalue weighted by Crippen LogP contribution is 2.30. The zero-order valence-electron chi connectivity index (χ0n) is 13.4. The second kappa shape index (κ2) is 7.44. The Morgan fingerprint density at radius 3 is 2.69 bits per heavy atom. The summed E-state index contributed by atoms with van der Waals surface area (Å²) in [4.78, 5) is 17.3. The SMILES string of the molecule is CN(C(=O)Nc1ncc(Oc2cccc(F)c2)s1)c1ccc(F)c(F)c1. The number of amides is 2. The van der Waals surface area contributed by atoms with Crippen molar-refractivity contribution in [2.24, 2.45) is 0 Å². The minimum Gasteiger partial charge on any atom is -0.445 e. The highest BCUT2D eigenvalue weighted by Gasteiger charge is 2.15. The zero-order chi connectivity index (χ0) is 18.7. The summed E-state index contributed by atoms with van der Waals surface area (Å²) >= 11 is 1.03. The van der Waals surface area contributed by atoms with E-state index in [9.17, 15) is 18.0 Å². The smallest absolute Gasteiger partial charge is 0.327 e. The summed E-state index contributed by atoms with van der Waals surface area (Å²) in [5.74, 6) is -2.19. The van der Waals surface area contributed by atoms with Gasteiger partial charge < -0.3 is 4.74 Å². The van der Waals surface area contributed by atoms with Gasteiger partial charge in [-0.25, -0.2) is 22.9 Å². The number of urea groups is 1. The topological polar surface area (TPSA) is 54.5 Å². The average Bonchev–Trinajstić information content (AvgIpc) is 3.03. The summed E-state index contributed by atoms with van der Waals surface area (Å²) in [6, 6.07) is 8.12. The van der Waals surface area contributed by atoms with Crippen LogP contribution in [0.25, 0.3) is 0 Å². The molecular weight excluding hydrogens is 367 g/mol. The van der Waals surface area contributed by atoms with Crippen molar-refractivity contribution in [2.45, 2.75) is 0 Å². The van der Waals surface area contributed by atoms with Crippen molar-refractivity contribution < 1.29 is 22.7 Å². The van der Waals surface area contributed by atoms with Gasteiger partial charge in [0.1, 0.15) is 11.6 Å². The summed E-state index contributed by atoms with van der Waals surface area (Å²) < 4.78 is 44.9. The number of benzene rings is 2. The first kappa shape index (κ1) is 17.7. The molecule has 26 heavy (non-hydrogen) atoms. The Kier molecular flexibility index (Phi) is 5.08. The van der Waals surface area contributed by atoms with Crippen LogP contribution in [0.15, 0.2) is 48.7 Å². The number of halogens is 3. The maximum absolute atomic E-state index is 13.3. The van der Waals surface area contributed by atoms with Crippen molar-refractivity contribution in [3.8, 4) is 10.8 Å². The highest BCUT2D eigenvalue weighted by molar-refractivity contribution is 7.17. The molecule has 0 spiro atoms. The second-order valence-electron chi connectivity index (χ2n) is 5.13. The van der Waals surface area contributed by atoms with E-state index in [1.165, 1.54) is 37.5 Å². The van der Waals surface area contributed by atoms with Gasteiger partial charge in [0.05, 0.1) is 6.20 Å². The minimum absolute atomic E-state index is 0.175. The van der Waals surface area contributed by atoms with E-state index < -0.39 is 23.5 Å². The molecule has 0 bridgehead atoms. The average molecular weight is 379 g/mol. The summed E-state index contributed by atoms with van der Waals surface area (Å²) in [6.07, 6.45) is 1.38. The fourth-order valence-corrected chi connectivity index (χ4v) is 2.67. The Labute approximate surface area is 150 Å². The van der Waals surface area contributed by atoms with Crippen LogP contribution < -0.4 is 15.0 Å². The maximum Gasteiger partial charge on any atom is 0.327 e. The lowest BCUT2D eigenvalue weighted by Gasteiger charge is -2.17. The maximum atomic E-state index is 13.3. The number of thiazole rings is 1. The highest BCUT2D eigenvalue weighted by atomic mass is 32.1. The number of rotatable bonds is 4. The van der Waals surface area contributed by atoms with Gasteiger partial charge in [0, 0.05) is 24.9 Å². The first-order valence-electron chi connectivity index (χ1n) is 7.31. The quantitative estimate of drug-likeness (QED) is 0.692. The third-order valence-corrected chi connectivity index (χ3v) is 4.10. The van der Waals surface area contributed by atoms with Crippen molar-refractivity contribution in [2.75, 3.05) is 17.3 Å². The Balaban J connectivity index is 1.66. The van der Waals surface area contributed by atoms with E-state index in [-0.39, 0.29) is 10.8 Å². The molecule has 1 aromatic heterocycles. The first-order chi connectivity index (χ1) is 12.4. The second-order valence-corrected chi connectivity index (χ2v) is 6.12. The van der Waals surface area contributed by atoms with Crippen molar-refractivity contribution in [3.05, 3.63) is 66.1 Å². The predicted octanol–water partition coefficient (Wildman–Crippen LogP) is 5.02. The Morgan fingerprint density at radius 2 is 1.96 bits per heavy atom. The first-order valence-corrected chi connectivity index (χ1v) is 8.13. The van der Waals surface area contributed by atoms with Crippen LogP contribution in [0.3, 0.4) is 0 Å². The third kappa shape index (κ3) is 4.12. The molecule has 9 heteroatoms. The number of aromatic nitrogens is 1. The molecule has 0 fully saturated rings. The number of ether oxygens (including phenoxy) is 1. The summed E-state index contributed by atoms with van der Waals surface area (Å²) in [6.45, 7) is 0. The van der Waals surface area contributed by atoms with Crippen LogP contribution in [0.1, 0.15) is 0 Å². The lowest BCUT2D eigenvalue weighted by atomic mass is 10.3. The van der Waals surface area contributed by atoms with Gasteiger partial charge in [0.15, 0.2) is 16.8 Å². The number of hydrogen-bond donors (Lipinski definition) is 1. The van der Waals surface area contributed by atoms with Crippen LogP contribution in [0.2, 0.25) is 0 Å². The molecule has 0 aliphatic rings. The largest absolute Gasteiger partial charge is 0.445 e. The molecule has 0 unspecified atom stereocenters. The van der Waals surface area contributed by atoms with Gasteiger partial charge >= 0.3 is 6.03 Å². The molecular formula is C17H12F3N3O2S. The fraction of sp³-hybridized carbons (Fsp3) is 0.0588. The zero-order valence-corrected chi connectivity index (χ0v) is 14.2.